The fourth-order valence-corrected chi connectivity index (χ4v) is 10.8. The van der Waals surface area contributed by atoms with Crippen LogP contribution < -0.4 is 5.32 Å². The molecule has 0 bridgehead atoms. The zero-order valence-electron chi connectivity index (χ0n) is 50.6. The summed E-state index contributed by atoms with van der Waals surface area (Å²) in [4.78, 5) is 12.6. The molecule has 444 valence electrons. The van der Waals surface area contributed by atoms with Gasteiger partial charge in [-0.05, 0) is 64.2 Å². The van der Waals surface area contributed by atoms with Gasteiger partial charge in [0.2, 0.25) is 5.91 Å². The van der Waals surface area contributed by atoms with E-state index in [1.165, 1.54) is 283 Å². The Bertz CT molecular complexity index is 1190. The van der Waals surface area contributed by atoms with Crippen LogP contribution in [0.25, 0.3) is 0 Å². The highest BCUT2D eigenvalue weighted by Gasteiger charge is 2.28. The SMILES string of the molecule is CCCCCCCCCCCCCCCCCCC/C=C/CC/C=C/CC/C=C/CCCC(O)C(O)C(CO)NC(=O)C(O)CCCCCCCCCCCCCCCCCCCCCCCCCCCCCCC. The van der Waals surface area contributed by atoms with Crippen molar-refractivity contribution in [3.05, 3.63) is 36.5 Å². The maximum atomic E-state index is 12.6. The third-order valence-electron chi connectivity index (χ3n) is 16.1. The van der Waals surface area contributed by atoms with Gasteiger partial charge < -0.3 is 25.7 Å². The Hall–Kier alpha value is -1.47. The topological polar surface area (TPSA) is 110 Å². The number of unbranched alkanes of at least 4 members (excludes halogenated alkanes) is 48. The first-order chi connectivity index (χ1) is 37.0. The molecule has 0 fully saturated rings. The average Bonchev–Trinajstić information content (AvgIpc) is 3.42. The van der Waals surface area contributed by atoms with Gasteiger partial charge in [0.15, 0.2) is 0 Å². The minimum atomic E-state index is -1.29. The van der Waals surface area contributed by atoms with Gasteiger partial charge in [0.25, 0.3) is 0 Å². The first kappa shape index (κ1) is 73.5. The summed E-state index contributed by atoms with van der Waals surface area (Å²) in [5.41, 5.74) is 0. The van der Waals surface area contributed by atoms with Gasteiger partial charge in [0.1, 0.15) is 12.2 Å². The smallest absolute Gasteiger partial charge is 0.249 e. The van der Waals surface area contributed by atoms with E-state index in [0.717, 1.165) is 51.4 Å². The summed E-state index contributed by atoms with van der Waals surface area (Å²) in [7, 11) is 0. The van der Waals surface area contributed by atoms with Crippen molar-refractivity contribution in [3.63, 3.8) is 0 Å². The fraction of sp³-hybridized carbons (Fsp3) is 0.899. The number of hydrogen-bond donors (Lipinski definition) is 5. The Balaban J connectivity index is 3.61. The monoisotopic (exact) mass is 1060 g/mol. The lowest BCUT2D eigenvalue weighted by atomic mass is 10.00. The van der Waals surface area contributed by atoms with E-state index in [0.29, 0.717) is 19.3 Å². The number of rotatable bonds is 63. The molecular formula is C69H133NO5. The molecule has 75 heavy (non-hydrogen) atoms. The molecule has 0 saturated heterocycles. The highest BCUT2D eigenvalue weighted by atomic mass is 16.3. The summed E-state index contributed by atoms with van der Waals surface area (Å²) in [6, 6.07) is -1.01. The molecule has 4 unspecified atom stereocenters. The van der Waals surface area contributed by atoms with Crippen LogP contribution in [0.5, 0.6) is 0 Å². The minimum absolute atomic E-state index is 0.362. The molecule has 5 N–H and O–H groups in total. The van der Waals surface area contributed by atoms with Gasteiger partial charge in [0.05, 0.1) is 18.8 Å². The molecule has 0 spiro atoms. The molecule has 0 aliphatic carbocycles. The zero-order valence-corrected chi connectivity index (χ0v) is 50.6. The molecule has 6 heteroatoms. The van der Waals surface area contributed by atoms with E-state index in [4.69, 9.17) is 0 Å². The molecule has 4 atom stereocenters. The van der Waals surface area contributed by atoms with Crippen LogP contribution in [-0.4, -0.2) is 57.3 Å². The lowest BCUT2D eigenvalue weighted by molar-refractivity contribution is -0.132. The van der Waals surface area contributed by atoms with Crippen LogP contribution in [0.3, 0.4) is 0 Å². The van der Waals surface area contributed by atoms with E-state index in [-0.39, 0.29) is 0 Å². The summed E-state index contributed by atoms with van der Waals surface area (Å²) in [5.74, 6) is -0.593. The molecule has 0 aliphatic heterocycles. The van der Waals surface area contributed by atoms with Crippen molar-refractivity contribution in [2.24, 2.45) is 0 Å². The van der Waals surface area contributed by atoms with Crippen molar-refractivity contribution >= 4 is 5.91 Å². The second-order valence-corrected chi connectivity index (χ2v) is 23.5. The standard InChI is InChI=1S/C69H133NO5/c1-3-5-7-9-11-13-15-17-19-21-23-25-27-29-31-33-35-36-38-40-42-44-46-48-50-52-54-56-58-60-62-66(72)68(74)65(64-71)70-69(75)67(73)63-61-59-57-55-53-51-49-47-45-43-41-39-37-34-32-30-28-26-24-22-20-18-16-14-12-10-8-6-4-2/h38,40,46,48,54,56,65-68,71-74H,3-37,39,41-45,47,49-53,55,57-64H2,1-2H3,(H,70,75)/b40-38+,48-46+,56-54+. The molecule has 0 heterocycles. The molecule has 1 amide bonds. The maximum absolute atomic E-state index is 12.6. The molecular weight excluding hydrogens is 923 g/mol. The summed E-state index contributed by atoms with van der Waals surface area (Å²) in [6.45, 7) is 4.09. The van der Waals surface area contributed by atoms with Crippen LogP contribution in [0.4, 0.5) is 0 Å². The Morgan fingerprint density at radius 1 is 0.320 bits per heavy atom. The third kappa shape index (κ3) is 57.0. The second-order valence-electron chi connectivity index (χ2n) is 23.5. The number of nitrogens with one attached hydrogen (secondary N) is 1. The summed E-state index contributed by atoms with van der Waals surface area (Å²) in [6.07, 6.45) is 81.2. The van der Waals surface area contributed by atoms with Gasteiger partial charge in [-0.3, -0.25) is 4.79 Å². The van der Waals surface area contributed by atoms with Crippen molar-refractivity contribution in [1.82, 2.24) is 5.32 Å². The Kier molecular flexibility index (Phi) is 62.1. The van der Waals surface area contributed by atoms with Crippen LogP contribution >= 0.6 is 0 Å². The highest BCUT2D eigenvalue weighted by molar-refractivity contribution is 5.80. The van der Waals surface area contributed by atoms with Crippen molar-refractivity contribution < 1.29 is 25.2 Å². The van der Waals surface area contributed by atoms with E-state index in [1.807, 2.05) is 0 Å². The predicted molar refractivity (Wildman–Crippen MR) is 330 cm³/mol. The fourth-order valence-electron chi connectivity index (χ4n) is 10.8. The van der Waals surface area contributed by atoms with E-state index in [9.17, 15) is 25.2 Å². The van der Waals surface area contributed by atoms with Gasteiger partial charge in [-0.2, -0.15) is 0 Å². The molecule has 0 radical (unpaired) electrons. The Labute approximate surface area is 468 Å². The molecule has 0 saturated carbocycles. The van der Waals surface area contributed by atoms with Crippen molar-refractivity contribution in [2.45, 2.75) is 391 Å². The van der Waals surface area contributed by atoms with Gasteiger partial charge in [-0.15, -0.1) is 0 Å². The quantitative estimate of drug-likeness (QED) is 0.0308. The lowest BCUT2D eigenvalue weighted by Gasteiger charge is -2.27. The maximum Gasteiger partial charge on any atom is 0.249 e. The van der Waals surface area contributed by atoms with Gasteiger partial charge in [-0.25, -0.2) is 0 Å². The average molecular weight is 1060 g/mol. The molecule has 0 aromatic heterocycles. The second kappa shape index (κ2) is 63.4. The molecule has 0 aromatic rings. The van der Waals surface area contributed by atoms with Crippen LogP contribution in [0.2, 0.25) is 0 Å². The van der Waals surface area contributed by atoms with E-state index >= 15 is 0 Å². The van der Waals surface area contributed by atoms with Gasteiger partial charge in [0, 0.05) is 0 Å². The third-order valence-corrected chi connectivity index (χ3v) is 16.1. The number of carbonyl (C=O) groups is 1. The zero-order chi connectivity index (χ0) is 54.4. The summed E-state index contributed by atoms with van der Waals surface area (Å²) >= 11 is 0. The van der Waals surface area contributed by atoms with Crippen molar-refractivity contribution in [2.75, 3.05) is 6.61 Å². The van der Waals surface area contributed by atoms with E-state index < -0.39 is 36.9 Å². The van der Waals surface area contributed by atoms with Crippen LogP contribution in [-0.2, 0) is 4.79 Å². The molecule has 0 rings (SSSR count). The number of carbonyl (C=O) groups excluding carboxylic acids is 1. The lowest BCUT2D eigenvalue weighted by Crippen LogP contribution is -2.53. The van der Waals surface area contributed by atoms with E-state index in [1.54, 1.807) is 0 Å². The molecule has 0 aromatic carbocycles. The number of amides is 1. The summed E-state index contributed by atoms with van der Waals surface area (Å²) in [5, 5.41) is 44.1. The number of aliphatic hydroxyl groups excluding tert-OH is 4. The minimum Gasteiger partial charge on any atom is -0.394 e. The first-order valence-corrected chi connectivity index (χ1v) is 33.9. The molecule has 0 aliphatic rings. The number of aliphatic hydroxyl groups is 4. The Morgan fingerprint density at radius 2 is 0.560 bits per heavy atom. The van der Waals surface area contributed by atoms with Gasteiger partial charge in [-0.1, -0.05) is 339 Å². The number of hydrogen-bond acceptors (Lipinski definition) is 5. The van der Waals surface area contributed by atoms with Crippen LogP contribution in [0.1, 0.15) is 367 Å². The highest BCUT2D eigenvalue weighted by Crippen LogP contribution is 2.19. The van der Waals surface area contributed by atoms with Crippen LogP contribution in [0, 0.1) is 0 Å². The first-order valence-electron chi connectivity index (χ1n) is 33.9. The van der Waals surface area contributed by atoms with Crippen molar-refractivity contribution in [1.29, 1.82) is 0 Å². The van der Waals surface area contributed by atoms with Crippen molar-refractivity contribution in [3.8, 4) is 0 Å². The van der Waals surface area contributed by atoms with Crippen LogP contribution in [0.15, 0.2) is 36.5 Å². The Morgan fingerprint density at radius 3 is 0.840 bits per heavy atom. The summed E-state index contributed by atoms with van der Waals surface area (Å²) < 4.78 is 0. The predicted octanol–water partition coefficient (Wildman–Crippen LogP) is 20.7. The number of allylic oxidation sites excluding steroid dienone is 6. The molecule has 6 nitrogen and oxygen atoms in total. The largest absolute Gasteiger partial charge is 0.394 e. The van der Waals surface area contributed by atoms with Gasteiger partial charge >= 0.3 is 0 Å². The normalized spacial score (nSPS) is 13.7. The van der Waals surface area contributed by atoms with E-state index in [2.05, 4.69) is 55.6 Å².